The zero-order valence-electron chi connectivity index (χ0n) is 8.73. The maximum absolute atomic E-state index is 11.2. The van der Waals surface area contributed by atoms with Crippen LogP contribution >= 0.6 is 0 Å². The summed E-state index contributed by atoms with van der Waals surface area (Å²) in [6, 6.07) is 6.71. The molecule has 0 bridgehead atoms. The van der Waals surface area contributed by atoms with Gasteiger partial charge in [-0.3, -0.25) is 0 Å². The summed E-state index contributed by atoms with van der Waals surface area (Å²) in [7, 11) is -3.09. The van der Waals surface area contributed by atoms with Gasteiger partial charge >= 0.3 is 0 Å². The van der Waals surface area contributed by atoms with Crippen molar-refractivity contribution in [2.45, 2.75) is 11.3 Å². The highest BCUT2D eigenvalue weighted by molar-refractivity contribution is 7.90. The molecule has 0 unspecified atom stereocenters. The first-order valence-electron chi connectivity index (χ1n) is 4.78. The maximum atomic E-state index is 11.2. The van der Waals surface area contributed by atoms with Gasteiger partial charge in [-0.2, -0.15) is 0 Å². The molecule has 0 atom stereocenters. The predicted molar refractivity (Wildman–Crippen MR) is 61.7 cm³/mol. The second-order valence-corrected chi connectivity index (χ2v) is 5.38. The first-order chi connectivity index (χ1) is 7.04. The molecular formula is C10H16N2O2S. The largest absolute Gasteiger partial charge is 0.385 e. The van der Waals surface area contributed by atoms with Crippen molar-refractivity contribution in [3.8, 4) is 0 Å². The Bertz CT molecular complexity index is 398. The van der Waals surface area contributed by atoms with Crippen molar-refractivity contribution in [1.82, 2.24) is 0 Å². The zero-order valence-corrected chi connectivity index (χ0v) is 9.55. The number of anilines is 1. The summed E-state index contributed by atoms with van der Waals surface area (Å²) in [4.78, 5) is 0.340. The number of hydrogen-bond acceptors (Lipinski definition) is 4. The number of hydrogen-bond donors (Lipinski definition) is 2. The predicted octanol–water partition coefficient (Wildman–Crippen LogP) is 0.851. The monoisotopic (exact) mass is 228 g/mol. The average molecular weight is 228 g/mol. The first kappa shape index (κ1) is 12.0. The van der Waals surface area contributed by atoms with Crippen LogP contribution in [0.1, 0.15) is 6.42 Å². The molecule has 1 aromatic carbocycles. The smallest absolute Gasteiger partial charge is 0.175 e. The molecule has 0 amide bonds. The van der Waals surface area contributed by atoms with Crippen LogP contribution in [-0.4, -0.2) is 27.8 Å². The Morgan fingerprint density at radius 1 is 1.27 bits per heavy atom. The SMILES string of the molecule is CS(=O)(=O)c1ccc(NCCCN)cc1. The Hall–Kier alpha value is -1.07. The second-order valence-electron chi connectivity index (χ2n) is 3.37. The lowest BCUT2D eigenvalue weighted by Crippen LogP contribution is -2.08. The highest BCUT2D eigenvalue weighted by Crippen LogP contribution is 2.13. The minimum atomic E-state index is -3.09. The van der Waals surface area contributed by atoms with E-state index in [1.165, 1.54) is 6.26 Å². The van der Waals surface area contributed by atoms with Crippen LogP contribution in [0.2, 0.25) is 0 Å². The molecule has 0 aliphatic carbocycles. The fraction of sp³-hybridized carbons (Fsp3) is 0.400. The summed E-state index contributed by atoms with van der Waals surface area (Å²) in [5, 5.41) is 3.15. The van der Waals surface area contributed by atoms with Crippen molar-refractivity contribution in [3.63, 3.8) is 0 Å². The molecule has 0 saturated heterocycles. The van der Waals surface area contributed by atoms with E-state index in [1.807, 2.05) is 0 Å². The average Bonchev–Trinajstić information content (AvgIpc) is 2.18. The quantitative estimate of drug-likeness (QED) is 0.733. The molecule has 4 nitrogen and oxygen atoms in total. The van der Waals surface area contributed by atoms with Crippen LogP contribution in [0.15, 0.2) is 29.2 Å². The van der Waals surface area contributed by atoms with Gasteiger partial charge in [0.15, 0.2) is 9.84 Å². The molecule has 0 spiro atoms. The molecule has 0 aliphatic rings. The van der Waals surface area contributed by atoms with Crippen molar-refractivity contribution in [1.29, 1.82) is 0 Å². The van der Waals surface area contributed by atoms with Gasteiger partial charge in [0.2, 0.25) is 0 Å². The molecule has 0 heterocycles. The highest BCUT2D eigenvalue weighted by atomic mass is 32.2. The minimum absolute atomic E-state index is 0.340. The molecule has 84 valence electrons. The Morgan fingerprint density at radius 2 is 1.87 bits per heavy atom. The van der Waals surface area contributed by atoms with Crippen molar-refractivity contribution >= 4 is 15.5 Å². The molecule has 3 N–H and O–H groups in total. The molecule has 0 fully saturated rings. The Balaban J connectivity index is 2.65. The van der Waals surface area contributed by atoms with Crippen LogP contribution in [0.5, 0.6) is 0 Å². The van der Waals surface area contributed by atoms with E-state index in [-0.39, 0.29) is 0 Å². The van der Waals surface area contributed by atoms with Crippen LogP contribution in [0, 0.1) is 0 Å². The van der Waals surface area contributed by atoms with Gasteiger partial charge in [0, 0.05) is 18.5 Å². The second kappa shape index (κ2) is 5.14. The topological polar surface area (TPSA) is 72.2 Å². The molecule has 0 saturated carbocycles. The van der Waals surface area contributed by atoms with Crippen LogP contribution in [-0.2, 0) is 9.84 Å². The fourth-order valence-corrected chi connectivity index (χ4v) is 1.79. The van der Waals surface area contributed by atoms with Gasteiger partial charge in [-0.15, -0.1) is 0 Å². The lowest BCUT2D eigenvalue weighted by atomic mass is 10.3. The summed E-state index contributed by atoms with van der Waals surface area (Å²) >= 11 is 0. The lowest BCUT2D eigenvalue weighted by molar-refractivity contribution is 0.602. The molecule has 1 aromatic rings. The molecule has 5 heteroatoms. The van der Waals surface area contributed by atoms with Crippen LogP contribution < -0.4 is 11.1 Å². The lowest BCUT2D eigenvalue weighted by Gasteiger charge is -2.05. The van der Waals surface area contributed by atoms with E-state index < -0.39 is 9.84 Å². The Morgan fingerprint density at radius 3 is 2.33 bits per heavy atom. The number of nitrogens with one attached hydrogen (secondary N) is 1. The van der Waals surface area contributed by atoms with Crippen molar-refractivity contribution < 1.29 is 8.42 Å². The van der Waals surface area contributed by atoms with E-state index in [9.17, 15) is 8.42 Å². The molecular weight excluding hydrogens is 212 g/mol. The third-order valence-electron chi connectivity index (χ3n) is 1.99. The minimum Gasteiger partial charge on any atom is -0.385 e. The fourth-order valence-electron chi connectivity index (χ4n) is 1.15. The summed E-state index contributed by atoms with van der Waals surface area (Å²) in [6.07, 6.45) is 2.09. The van der Waals surface area contributed by atoms with Gasteiger partial charge < -0.3 is 11.1 Å². The summed E-state index contributed by atoms with van der Waals surface area (Å²) in [5.74, 6) is 0. The highest BCUT2D eigenvalue weighted by Gasteiger charge is 2.05. The van der Waals surface area contributed by atoms with E-state index in [2.05, 4.69) is 5.32 Å². The van der Waals surface area contributed by atoms with E-state index in [0.29, 0.717) is 11.4 Å². The Kier molecular flexibility index (Phi) is 4.11. The molecule has 0 aromatic heterocycles. The van der Waals surface area contributed by atoms with Crippen LogP contribution in [0.4, 0.5) is 5.69 Å². The molecule has 1 rings (SSSR count). The summed E-state index contributed by atoms with van der Waals surface area (Å²) < 4.78 is 22.3. The number of sulfone groups is 1. The Labute approximate surface area is 90.4 Å². The van der Waals surface area contributed by atoms with E-state index in [1.54, 1.807) is 24.3 Å². The van der Waals surface area contributed by atoms with Gasteiger partial charge in [-0.1, -0.05) is 0 Å². The number of rotatable bonds is 5. The normalized spacial score (nSPS) is 11.3. The standard InChI is InChI=1S/C10H16N2O2S/c1-15(13,14)10-5-3-9(4-6-10)12-8-2-7-11/h3-6,12H,2,7-8,11H2,1H3. The van der Waals surface area contributed by atoms with Crippen molar-refractivity contribution in [2.24, 2.45) is 5.73 Å². The van der Waals surface area contributed by atoms with E-state index in [4.69, 9.17) is 5.73 Å². The maximum Gasteiger partial charge on any atom is 0.175 e. The van der Waals surface area contributed by atoms with Gasteiger partial charge in [0.25, 0.3) is 0 Å². The number of benzene rings is 1. The van der Waals surface area contributed by atoms with Gasteiger partial charge in [0.1, 0.15) is 0 Å². The third-order valence-corrected chi connectivity index (χ3v) is 3.12. The van der Waals surface area contributed by atoms with Gasteiger partial charge in [-0.05, 0) is 37.2 Å². The number of nitrogens with two attached hydrogens (primary N) is 1. The summed E-state index contributed by atoms with van der Waals surface area (Å²) in [5.41, 5.74) is 6.27. The molecule has 0 aliphatic heterocycles. The molecule has 0 radical (unpaired) electrons. The molecule has 15 heavy (non-hydrogen) atoms. The van der Waals surface area contributed by atoms with Crippen molar-refractivity contribution in [2.75, 3.05) is 24.7 Å². The third kappa shape index (κ3) is 3.89. The van der Waals surface area contributed by atoms with E-state index >= 15 is 0 Å². The van der Waals surface area contributed by atoms with Crippen LogP contribution in [0.3, 0.4) is 0 Å². The van der Waals surface area contributed by atoms with Gasteiger partial charge in [0.05, 0.1) is 4.90 Å². The van der Waals surface area contributed by atoms with Crippen molar-refractivity contribution in [3.05, 3.63) is 24.3 Å². The first-order valence-corrected chi connectivity index (χ1v) is 6.67. The summed E-state index contributed by atoms with van der Waals surface area (Å²) in [6.45, 7) is 1.45. The van der Waals surface area contributed by atoms with Crippen LogP contribution in [0.25, 0.3) is 0 Å². The van der Waals surface area contributed by atoms with Gasteiger partial charge in [-0.25, -0.2) is 8.42 Å². The zero-order chi connectivity index (χ0) is 11.3. The van der Waals surface area contributed by atoms with E-state index in [0.717, 1.165) is 18.7 Å².